The van der Waals surface area contributed by atoms with Gasteiger partial charge in [-0.2, -0.15) is 0 Å². The molecule has 1 atom stereocenters. The summed E-state index contributed by atoms with van der Waals surface area (Å²) < 4.78 is 22.2. The van der Waals surface area contributed by atoms with E-state index in [1.165, 1.54) is 6.08 Å². The average Bonchev–Trinajstić information content (AvgIpc) is 1.79. The van der Waals surface area contributed by atoms with Gasteiger partial charge in [-0.15, -0.1) is 0 Å². The molecule has 13 heavy (non-hydrogen) atoms. The summed E-state index contributed by atoms with van der Waals surface area (Å²) in [6.45, 7) is 1.58. The van der Waals surface area contributed by atoms with Crippen LogP contribution in [0.5, 0.6) is 0 Å². The molecular formula is C6H8Cl2N2O2S. The maximum absolute atomic E-state index is 11.1. The highest BCUT2D eigenvalue weighted by atomic mass is 35.5. The molecule has 7 heteroatoms. The molecule has 0 spiro atoms. The van der Waals surface area contributed by atoms with Gasteiger partial charge < -0.3 is 5.32 Å². The van der Waals surface area contributed by atoms with Gasteiger partial charge in [-0.05, 0) is 13.0 Å². The number of hydrogen-bond acceptors (Lipinski definition) is 4. The lowest BCUT2D eigenvalue weighted by molar-refractivity contribution is 0.607. The van der Waals surface area contributed by atoms with Crippen molar-refractivity contribution in [2.75, 3.05) is 6.26 Å². The highest BCUT2D eigenvalue weighted by molar-refractivity contribution is 8.05. The van der Waals surface area contributed by atoms with E-state index < -0.39 is 14.8 Å². The number of nitrogens with zero attached hydrogens (tertiary/aromatic N) is 1. The first kappa shape index (κ1) is 10.8. The molecule has 1 aliphatic heterocycles. The van der Waals surface area contributed by atoms with Crippen molar-refractivity contribution in [2.24, 2.45) is 4.99 Å². The predicted molar refractivity (Wildman–Crippen MR) is 53.6 cm³/mol. The Kier molecular flexibility index (Phi) is 2.62. The number of rotatable bonds is 0. The molecule has 0 bridgehead atoms. The molecular weight excluding hydrogens is 235 g/mol. The van der Waals surface area contributed by atoms with Gasteiger partial charge in [-0.25, -0.2) is 13.4 Å². The number of hydrogen-bond donors (Lipinski definition) is 1. The molecule has 0 aromatic rings. The molecule has 0 radical (unpaired) electrons. The third-order valence-corrected chi connectivity index (χ3v) is 2.59. The van der Waals surface area contributed by atoms with E-state index in [-0.39, 0.29) is 10.3 Å². The van der Waals surface area contributed by atoms with Crippen molar-refractivity contribution in [3.05, 3.63) is 11.2 Å². The number of halogens is 2. The fourth-order valence-electron chi connectivity index (χ4n) is 0.802. The van der Waals surface area contributed by atoms with Crippen LogP contribution in [0, 0.1) is 0 Å². The molecule has 0 fully saturated rings. The molecule has 1 rings (SSSR count). The van der Waals surface area contributed by atoms with E-state index in [0.29, 0.717) is 0 Å². The van der Waals surface area contributed by atoms with Crippen LogP contribution in [-0.4, -0.2) is 24.8 Å². The summed E-state index contributed by atoms with van der Waals surface area (Å²) in [7, 11) is -3.40. The zero-order valence-electron chi connectivity index (χ0n) is 7.01. The third kappa shape index (κ3) is 2.86. The number of amidine groups is 1. The van der Waals surface area contributed by atoms with Gasteiger partial charge in [-0.1, -0.05) is 23.2 Å². The second-order valence-electron chi connectivity index (χ2n) is 2.86. The van der Waals surface area contributed by atoms with E-state index in [4.69, 9.17) is 23.2 Å². The third-order valence-electron chi connectivity index (χ3n) is 1.30. The van der Waals surface area contributed by atoms with E-state index >= 15 is 0 Å². The molecule has 1 N–H and O–H groups in total. The normalized spacial score (nSPS) is 28.9. The van der Waals surface area contributed by atoms with Crippen LogP contribution in [0.2, 0.25) is 0 Å². The summed E-state index contributed by atoms with van der Waals surface area (Å²) in [4.78, 5) is 2.61. The summed E-state index contributed by atoms with van der Waals surface area (Å²) >= 11 is 11.4. The Morgan fingerprint density at radius 1 is 1.62 bits per heavy atom. The summed E-state index contributed by atoms with van der Waals surface area (Å²) in [5.41, 5.74) is 0. The van der Waals surface area contributed by atoms with Crippen molar-refractivity contribution >= 4 is 38.2 Å². The van der Waals surface area contributed by atoms with Gasteiger partial charge in [-0.3, -0.25) is 0 Å². The molecule has 0 saturated carbocycles. The van der Waals surface area contributed by atoms with Gasteiger partial charge in [0.25, 0.3) is 0 Å². The predicted octanol–water partition coefficient (Wildman–Crippen LogP) is 1.03. The first-order valence-electron chi connectivity index (χ1n) is 3.35. The number of aliphatic imine (C=N–C) groups is 1. The van der Waals surface area contributed by atoms with Crippen molar-refractivity contribution in [1.82, 2.24) is 5.32 Å². The lowest BCUT2D eigenvalue weighted by Gasteiger charge is -2.24. The Bertz CT molecular complexity index is 383. The Morgan fingerprint density at radius 3 is 2.54 bits per heavy atom. The first-order chi connectivity index (χ1) is 5.71. The fourth-order valence-corrected chi connectivity index (χ4v) is 2.12. The van der Waals surface area contributed by atoms with E-state index in [9.17, 15) is 8.42 Å². The van der Waals surface area contributed by atoms with Crippen molar-refractivity contribution in [3.8, 4) is 0 Å². The topological polar surface area (TPSA) is 58.5 Å². The van der Waals surface area contributed by atoms with Crippen LogP contribution >= 0.6 is 23.2 Å². The minimum absolute atomic E-state index is 0.0664. The zero-order valence-corrected chi connectivity index (χ0v) is 9.33. The molecule has 1 unspecified atom stereocenters. The lowest BCUT2D eigenvalue weighted by atomic mass is 10.3. The molecule has 0 aliphatic carbocycles. The standard InChI is InChI=1S/C6H8Cl2N2O2S/c1-6(8)3-4(7)9-5(10-6)13(2,11)12/h3H,1-2H3,(H,9,10). The quantitative estimate of drug-likeness (QED) is 0.510. The molecule has 0 amide bonds. The zero-order chi connectivity index (χ0) is 10.3. The monoisotopic (exact) mass is 242 g/mol. The van der Waals surface area contributed by atoms with Crippen molar-refractivity contribution in [2.45, 2.75) is 11.9 Å². The van der Waals surface area contributed by atoms with Crippen LogP contribution in [0.4, 0.5) is 0 Å². The molecule has 0 aromatic heterocycles. The number of alkyl halides is 1. The minimum Gasteiger partial charge on any atom is -0.339 e. The molecule has 74 valence electrons. The van der Waals surface area contributed by atoms with E-state index in [1.54, 1.807) is 6.92 Å². The van der Waals surface area contributed by atoms with Crippen LogP contribution in [0.1, 0.15) is 6.92 Å². The van der Waals surface area contributed by atoms with Gasteiger partial charge in [0.2, 0.25) is 15.0 Å². The highest BCUT2D eigenvalue weighted by Gasteiger charge is 2.28. The molecule has 1 heterocycles. The van der Waals surface area contributed by atoms with Crippen molar-refractivity contribution < 1.29 is 8.42 Å². The van der Waals surface area contributed by atoms with Gasteiger partial charge in [0.05, 0.1) is 0 Å². The van der Waals surface area contributed by atoms with Gasteiger partial charge >= 0.3 is 0 Å². The van der Waals surface area contributed by atoms with Crippen LogP contribution in [0.15, 0.2) is 16.2 Å². The number of nitrogens with one attached hydrogen (secondary N) is 1. The van der Waals surface area contributed by atoms with Crippen LogP contribution < -0.4 is 5.32 Å². The maximum Gasteiger partial charge on any atom is 0.223 e. The van der Waals surface area contributed by atoms with Crippen LogP contribution in [-0.2, 0) is 9.84 Å². The highest BCUT2D eigenvalue weighted by Crippen LogP contribution is 2.22. The molecule has 0 aromatic carbocycles. The summed E-state index contributed by atoms with van der Waals surface area (Å²) in [5, 5.41) is 2.39. The Balaban J connectivity index is 3.13. The van der Waals surface area contributed by atoms with Gasteiger partial charge in [0, 0.05) is 6.26 Å². The number of sulfone groups is 1. The Labute approximate surface area is 86.5 Å². The summed E-state index contributed by atoms with van der Waals surface area (Å²) in [6, 6.07) is 0. The van der Waals surface area contributed by atoms with E-state index in [0.717, 1.165) is 6.26 Å². The van der Waals surface area contributed by atoms with E-state index in [2.05, 4.69) is 10.3 Å². The maximum atomic E-state index is 11.1. The first-order valence-corrected chi connectivity index (χ1v) is 6.00. The van der Waals surface area contributed by atoms with Crippen molar-refractivity contribution in [3.63, 3.8) is 0 Å². The molecule has 1 aliphatic rings. The van der Waals surface area contributed by atoms with Gasteiger partial charge in [0.1, 0.15) is 10.2 Å². The second-order valence-corrected chi connectivity index (χ2v) is 5.96. The van der Waals surface area contributed by atoms with Crippen molar-refractivity contribution in [1.29, 1.82) is 0 Å². The summed E-state index contributed by atoms with van der Waals surface area (Å²) in [5.74, 6) is 0. The largest absolute Gasteiger partial charge is 0.339 e. The second kappa shape index (κ2) is 3.15. The Hall–Kier alpha value is -0.260. The van der Waals surface area contributed by atoms with Crippen LogP contribution in [0.3, 0.4) is 0 Å². The van der Waals surface area contributed by atoms with Crippen LogP contribution in [0.25, 0.3) is 0 Å². The smallest absolute Gasteiger partial charge is 0.223 e. The minimum atomic E-state index is -3.40. The average molecular weight is 243 g/mol. The SMILES string of the molecule is CC1(Cl)C=C(Cl)N=C(S(C)(=O)=O)N1. The fraction of sp³-hybridized carbons (Fsp3) is 0.500. The van der Waals surface area contributed by atoms with Gasteiger partial charge in [0.15, 0.2) is 0 Å². The van der Waals surface area contributed by atoms with E-state index in [1.807, 2.05) is 0 Å². The molecule has 4 nitrogen and oxygen atoms in total. The lowest BCUT2D eigenvalue weighted by Crippen LogP contribution is -2.45. The Morgan fingerprint density at radius 2 is 2.15 bits per heavy atom. The summed E-state index contributed by atoms with van der Waals surface area (Å²) in [6.07, 6.45) is 2.45. The molecule has 0 saturated heterocycles.